The summed E-state index contributed by atoms with van der Waals surface area (Å²) in [5, 5.41) is 0. The zero-order valence-corrected chi connectivity index (χ0v) is 6.98. The molecule has 0 aliphatic rings. The third kappa shape index (κ3) is 2.14. The molecule has 0 aliphatic heterocycles. The van der Waals surface area contributed by atoms with Crippen LogP contribution in [0, 0.1) is 5.82 Å². The van der Waals surface area contributed by atoms with Crippen LogP contribution < -0.4 is 11.5 Å². The van der Waals surface area contributed by atoms with Crippen molar-refractivity contribution >= 4 is 5.69 Å². The molecule has 78 valence electrons. The molecule has 4 N–H and O–H groups in total. The lowest BCUT2D eigenvalue weighted by atomic mass is 10.1. The van der Waals surface area contributed by atoms with Gasteiger partial charge in [0.2, 0.25) is 0 Å². The van der Waals surface area contributed by atoms with Gasteiger partial charge < -0.3 is 11.5 Å². The number of nitrogen functional groups attached to an aromatic ring is 1. The summed E-state index contributed by atoms with van der Waals surface area (Å²) in [5.41, 5.74) is 9.44. The minimum absolute atomic E-state index is 0.0427. The number of nitrogens with two attached hydrogens (primary N) is 2. The summed E-state index contributed by atoms with van der Waals surface area (Å²) in [6, 6.07) is 0.567. The minimum atomic E-state index is -4.67. The van der Waals surface area contributed by atoms with Crippen LogP contribution in [0.1, 0.15) is 11.6 Å². The summed E-state index contributed by atoms with van der Waals surface area (Å²) in [6.07, 6.45) is -4.67. The fraction of sp³-hybridized carbons (Fsp3) is 0.250. The second-order valence-electron chi connectivity index (χ2n) is 2.80. The van der Waals surface area contributed by atoms with Crippen molar-refractivity contribution in [1.29, 1.82) is 0 Å². The molecule has 2 nitrogen and oxygen atoms in total. The van der Waals surface area contributed by atoms with E-state index in [1.54, 1.807) is 0 Å². The van der Waals surface area contributed by atoms with Crippen molar-refractivity contribution < 1.29 is 17.6 Å². The van der Waals surface area contributed by atoms with Gasteiger partial charge in [-0.25, -0.2) is 4.39 Å². The summed E-state index contributed by atoms with van der Waals surface area (Å²) in [5.74, 6) is -1.01. The van der Waals surface area contributed by atoms with Gasteiger partial charge in [0.15, 0.2) is 0 Å². The maximum Gasteiger partial charge on any atom is 0.407 e. The van der Waals surface area contributed by atoms with E-state index in [0.717, 1.165) is 12.1 Å². The summed E-state index contributed by atoms with van der Waals surface area (Å²) < 4.78 is 49.3. The van der Waals surface area contributed by atoms with E-state index in [4.69, 9.17) is 11.5 Å². The molecule has 0 saturated heterocycles. The quantitative estimate of drug-likeness (QED) is 0.547. The highest BCUT2D eigenvalue weighted by Crippen LogP contribution is 2.32. The monoisotopic (exact) mass is 208 g/mol. The Morgan fingerprint density at radius 3 is 2.29 bits per heavy atom. The average molecular weight is 208 g/mol. The largest absolute Gasteiger partial charge is 0.407 e. The van der Waals surface area contributed by atoms with Crippen LogP contribution in [0.5, 0.6) is 0 Å². The third-order valence-electron chi connectivity index (χ3n) is 1.71. The van der Waals surface area contributed by atoms with Crippen molar-refractivity contribution in [3.05, 3.63) is 29.6 Å². The number of hydrogen-bond acceptors (Lipinski definition) is 2. The van der Waals surface area contributed by atoms with Crippen molar-refractivity contribution in [1.82, 2.24) is 0 Å². The van der Waals surface area contributed by atoms with E-state index in [-0.39, 0.29) is 5.69 Å². The molecule has 0 spiro atoms. The van der Waals surface area contributed by atoms with Gasteiger partial charge in [-0.1, -0.05) is 0 Å². The van der Waals surface area contributed by atoms with E-state index in [0.29, 0.717) is 0 Å². The van der Waals surface area contributed by atoms with Crippen LogP contribution in [0.2, 0.25) is 0 Å². The predicted octanol–water partition coefficient (Wildman–Crippen LogP) is 1.97. The van der Waals surface area contributed by atoms with E-state index in [1.807, 2.05) is 0 Å². The van der Waals surface area contributed by atoms with Gasteiger partial charge in [0.25, 0.3) is 0 Å². The van der Waals surface area contributed by atoms with E-state index in [9.17, 15) is 17.6 Å². The van der Waals surface area contributed by atoms with Crippen molar-refractivity contribution in [2.75, 3.05) is 5.73 Å². The molecule has 0 unspecified atom stereocenters. The number of hydrogen-bond donors (Lipinski definition) is 2. The molecular weight excluding hydrogens is 200 g/mol. The zero-order valence-electron chi connectivity index (χ0n) is 6.98. The van der Waals surface area contributed by atoms with Crippen LogP contribution in [-0.4, -0.2) is 6.18 Å². The van der Waals surface area contributed by atoms with Crippen molar-refractivity contribution in [2.45, 2.75) is 12.2 Å². The van der Waals surface area contributed by atoms with E-state index in [1.165, 1.54) is 6.07 Å². The summed E-state index contributed by atoms with van der Waals surface area (Å²) in [6.45, 7) is 0. The molecule has 0 aliphatic carbocycles. The van der Waals surface area contributed by atoms with Gasteiger partial charge in [-0.05, 0) is 18.2 Å². The highest BCUT2D eigenvalue weighted by molar-refractivity contribution is 5.42. The Morgan fingerprint density at radius 2 is 1.79 bits per heavy atom. The lowest BCUT2D eigenvalue weighted by Crippen LogP contribution is -2.29. The number of alkyl halides is 3. The van der Waals surface area contributed by atoms with Gasteiger partial charge in [0, 0.05) is 11.3 Å². The first-order valence-electron chi connectivity index (χ1n) is 3.69. The summed E-state index contributed by atoms with van der Waals surface area (Å²) >= 11 is 0. The Balaban J connectivity index is 3.12. The molecular formula is C8H8F4N2. The van der Waals surface area contributed by atoms with Gasteiger partial charge in [-0.3, -0.25) is 0 Å². The second-order valence-corrected chi connectivity index (χ2v) is 2.80. The lowest BCUT2D eigenvalue weighted by molar-refractivity contribution is -0.149. The van der Waals surface area contributed by atoms with Crippen LogP contribution in [0.25, 0.3) is 0 Å². The first kappa shape index (κ1) is 10.8. The number of anilines is 1. The Hall–Kier alpha value is -1.30. The normalized spacial score (nSPS) is 14.1. The Bertz CT molecular complexity index is 335. The molecule has 0 saturated carbocycles. The van der Waals surface area contributed by atoms with Gasteiger partial charge in [-0.2, -0.15) is 13.2 Å². The molecule has 0 radical (unpaired) electrons. The van der Waals surface area contributed by atoms with Gasteiger partial charge in [-0.15, -0.1) is 0 Å². The van der Waals surface area contributed by atoms with Crippen LogP contribution >= 0.6 is 0 Å². The topological polar surface area (TPSA) is 52.0 Å². The van der Waals surface area contributed by atoms with Crippen molar-refractivity contribution in [2.24, 2.45) is 5.73 Å². The highest BCUT2D eigenvalue weighted by atomic mass is 19.4. The van der Waals surface area contributed by atoms with Crippen LogP contribution in [0.4, 0.5) is 23.2 Å². The fourth-order valence-electron chi connectivity index (χ4n) is 0.977. The van der Waals surface area contributed by atoms with Gasteiger partial charge >= 0.3 is 6.18 Å². The number of halogens is 4. The van der Waals surface area contributed by atoms with Crippen LogP contribution in [0.3, 0.4) is 0 Å². The third-order valence-corrected chi connectivity index (χ3v) is 1.71. The maximum atomic E-state index is 12.9. The fourth-order valence-corrected chi connectivity index (χ4v) is 0.977. The second kappa shape index (κ2) is 3.45. The zero-order chi connectivity index (χ0) is 10.9. The van der Waals surface area contributed by atoms with E-state index < -0.39 is 23.6 Å². The first-order chi connectivity index (χ1) is 6.32. The van der Waals surface area contributed by atoms with Crippen molar-refractivity contribution in [3.8, 4) is 0 Å². The number of rotatable bonds is 1. The van der Waals surface area contributed by atoms with E-state index in [2.05, 4.69) is 0 Å². The Kier molecular flexibility index (Phi) is 2.66. The average Bonchev–Trinajstić information content (AvgIpc) is 2.06. The first-order valence-corrected chi connectivity index (χ1v) is 3.69. The number of benzene rings is 1. The molecule has 1 aromatic carbocycles. The molecule has 14 heavy (non-hydrogen) atoms. The molecule has 1 atom stereocenters. The molecule has 1 rings (SSSR count). The standard InChI is InChI=1S/C8H8F4N2/c9-6-2-1-4(13)3-5(6)7(14)8(10,11)12/h1-3,7H,13-14H2/t7-/m0/s1. The summed E-state index contributed by atoms with van der Waals surface area (Å²) in [7, 11) is 0. The predicted molar refractivity (Wildman–Crippen MR) is 43.8 cm³/mol. The molecule has 1 aromatic rings. The molecule has 0 bridgehead atoms. The van der Waals surface area contributed by atoms with E-state index >= 15 is 0 Å². The van der Waals surface area contributed by atoms with Crippen LogP contribution in [-0.2, 0) is 0 Å². The maximum absolute atomic E-state index is 12.9. The van der Waals surface area contributed by atoms with Gasteiger partial charge in [0.05, 0.1) is 0 Å². The van der Waals surface area contributed by atoms with Gasteiger partial charge in [0.1, 0.15) is 11.9 Å². The Labute approximate surface area is 77.5 Å². The van der Waals surface area contributed by atoms with Crippen molar-refractivity contribution in [3.63, 3.8) is 0 Å². The van der Waals surface area contributed by atoms with Crippen LogP contribution in [0.15, 0.2) is 18.2 Å². The SMILES string of the molecule is Nc1ccc(F)c([C@H](N)C(F)(F)F)c1. The molecule has 0 fully saturated rings. The summed E-state index contributed by atoms with van der Waals surface area (Å²) in [4.78, 5) is 0. The molecule has 0 heterocycles. The molecule has 6 heteroatoms. The smallest absolute Gasteiger partial charge is 0.399 e. The minimum Gasteiger partial charge on any atom is -0.399 e. The lowest BCUT2D eigenvalue weighted by Gasteiger charge is -2.16. The Morgan fingerprint density at radius 1 is 1.21 bits per heavy atom. The molecule has 0 aromatic heterocycles. The molecule has 0 amide bonds. The highest BCUT2D eigenvalue weighted by Gasteiger charge is 2.39.